The molecule has 0 aromatic heterocycles. The van der Waals surface area contributed by atoms with Gasteiger partial charge >= 0.3 is 0 Å². The maximum atomic E-state index is 9.92. The summed E-state index contributed by atoms with van der Waals surface area (Å²) in [5.41, 5.74) is 1.89. The number of aliphatic hydroxyl groups excluding tert-OH is 1. The lowest BCUT2D eigenvalue weighted by molar-refractivity contribution is 0.195. The summed E-state index contributed by atoms with van der Waals surface area (Å²) in [6.45, 7) is 6.00. The standard InChI is InChI=1S/C17H18Br2O2/c1-10(2)14-8-12(18)4-6-16(14)21-17-7-5-13(19)9-15(17)11(3)20/h4-11,20H,1-3H3. The number of rotatable bonds is 4. The number of halogens is 2. The molecule has 0 aliphatic carbocycles. The highest BCUT2D eigenvalue weighted by Crippen LogP contribution is 2.36. The topological polar surface area (TPSA) is 29.5 Å². The van der Waals surface area contributed by atoms with Crippen LogP contribution >= 0.6 is 31.9 Å². The van der Waals surface area contributed by atoms with Crippen LogP contribution in [0.1, 0.15) is 43.9 Å². The maximum Gasteiger partial charge on any atom is 0.133 e. The number of hydrogen-bond acceptors (Lipinski definition) is 2. The van der Waals surface area contributed by atoms with E-state index < -0.39 is 6.10 Å². The summed E-state index contributed by atoms with van der Waals surface area (Å²) in [4.78, 5) is 0. The Morgan fingerprint density at radius 3 is 1.81 bits per heavy atom. The van der Waals surface area contributed by atoms with Crippen LogP contribution in [-0.4, -0.2) is 5.11 Å². The molecule has 2 nitrogen and oxygen atoms in total. The second-order valence-corrected chi connectivity index (χ2v) is 7.13. The average Bonchev–Trinajstić information content (AvgIpc) is 2.42. The van der Waals surface area contributed by atoms with Gasteiger partial charge in [-0.2, -0.15) is 0 Å². The molecule has 0 saturated carbocycles. The number of aliphatic hydroxyl groups is 1. The lowest BCUT2D eigenvalue weighted by Crippen LogP contribution is -1.99. The molecule has 112 valence electrons. The first-order valence-electron chi connectivity index (χ1n) is 6.83. The lowest BCUT2D eigenvalue weighted by Gasteiger charge is -2.17. The molecule has 0 saturated heterocycles. The minimum absolute atomic E-state index is 0.350. The van der Waals surface area contributed by atoms with Gasteiger partial charge in [-0.15, -0.1) is 0 Å². The molecule has 2 aromatic carbocycles. The zero-order valence-corrected chi connectivity index (χ0v) is 15.4. The summed E-state index contributed by atoms with van der Waals surface area (Å²) in [7, 11) is 0. The van der Waals surface area contributed by atoms with Crippen LogP contribution in [0, 0.1) is 0 Å². The molecule has 4 heteroatoms. The second-order valence-electron chi connectivity index (χ2n) is 5.30. The predicted molar refractivity (Wildman–Crippen MR) is 93.1 cm³/mol. The van der Waals surface area contributed by atoms with Crippen LogP contribution < -0.4 is 4.74 Å². The van der Waals surface area contributed by atoms with Crippen molar-refractivity contribution in [3.05, 3.63) is 56.5 Å². The molecular formula is C17H18Br2O2. The first-order valence-corrected chi connectivity index (χ1v) is 8.42. The molecule has 1 N–H and O–H groups in total. The van der Waals surface area contributed by atoms with Gasteiger partial charge < -0.3 is 9.84 Å². The summed E-state index contributed by atoms with van der Waals surface area (Å²) in [6, 6.07) is 11.7. The van der Waals surface area contributed by atoms with E-state index in [-0.39, 0.29) is 0 Å². The average molecular weight is 414 g/mol. The van der Waals surface area contributed by atoms with Crippen molar-refractivity contribution < 1.29 is 9.84 Å². The van der Waals surface area contributed by atoms with Crippen LogP contribution in [0.15, 0.2) is 45.3 Å². The lowest BCUT2D eigenvalue weighted by atomic mass is 10.0. The van der Waals surface area contributed by atoms with Crippen LogP contribution in [-0.2, 0) is 0 Å². The second kappa shape index (κ2) is 6.95. The van der Waals surface area contributed by atoms with Crippen molar-refractivity contribution >= 4 is 31.9 Å². The van der Waals surface area contributed by atoms with E-state index in [9.17, 15) is 5.11 Å². The van der Waals surface area contributed by atoms with Gasteiger partial charge in [0.05, 0.1) is 6.10 Å². The van der Waals surface area contributed by atoms with Gasteiger partial charge in [-0.25, -0.2) is 0 Å². The van der Waals surface area contributed by atoms with Gasteiger partial charge in [0.25, 0.3) is 0 Å². The van der Waals surface area contributed by atoms with Gasteiger partial charge in [-0.3, -0.25) is 0 Å². The van der Waals surface area contributed by atoms with E-state index in [1.165, 1.54) is 0 Å². The summed E-state index contributed by atoms with van der Waals surface area (Å²) in [6.07, 6.45) is -0.588. The monoisotopic (exact) mass is 412 g/mol. The van der Waals surface area contributed by atoms with Gasteiger partial charge in [-0.1, -0.05) is 45.7 Å². The quantitative estimate of drug-likeness (QED) is 0.648. The van der Waals surface area contributed by atoms with Gasteiger partial charge in [0.2, 0.25) is 0 Å². The molecule has 0 amide bonds. The third-order valence-electron chi connectivity index (χ3n) is 3.24. The van der Waals surface area contributed by atoms with E-state index in [1.807, 2.05) is 30.3 Å². The first kappa shape index (κ1) is 16.5. The van der Waals surface area contributed by atoms with Crippen molar-refractivity contribution in [3.63, 3.8) is 0 Å². The Kier molecular flexibility index (Phi) is 5.47. The van der Waals surface area contributed by atoms with Crippen LogP contribution in [0.5, 0.6) is 11.5 Å². The minimum Gasteiger partial charge on any atom is -0.457 e. The molecule has 21 heavy (non-hydrogen) atoms. The number of hydrogen-bond donors (Lipinski definition) is 1. The SMILES string of the molecule is CC(C)c1cc(Br)ccc1Oc1ccc(Br)cc1C(C)O. The fourth-order valence-electron chi connectivity index (χ4n) is 2.12. The van der Waals surface area contributed by atoms with Gasteiger partial charge in [0.1, 0.15) is 11.5 Å². The third-order valence-corrected chi connectivity index (χ3v) is 4.22. The predicted octanol–water partition coefficient (Wildman–Crippen LogP) is 6.18. The highest BCUT2D eigenvalue weighted by atomic mass is 79.9. The number of ether oxygens (including phenoxy) is 1. The van der Waals surface area contributed by atoms with Crippen LogP contribution in [0.25, 0.3) is 0 Å². The molecule has 1 unspecified atom stereocenters. The van der Waals surface area contributed by atoms with E-state index in [0.717, 1.165) is 25.8 Å². The Labute approximate surface area is 142 Å². The molecule has 0 heterocycles. The van der Waals surface area contributed by atoms with Crippen molar-refractivity contribution in [1.29, 1.82) is 0 Å². The maximum absolute atomic E-state index is 9.92. The van der Waals surface area contributed by atoms with Gasteiger partial charge in [0.15, 0.2) is 0 Å². The molecule has 0 spiro atoms. The van der Waals surface area contributed by atoms with E-state index in [2.05, 4.69) is 51.8 Å². The highest BCUT2D eigenvalue weighted by Gasteiger charge is 2.14. The smallest absolute Gasteiger partial charge is 0.133 e. The fourth-order valence-corrected chi connectivity index (χ4v) is 2.88. The Balaban J connectivity index is 2.43. The van der Waals surface area contributed by atoms with E-state index >= 15 is 0 Å². The van der Waals surface area contributed by atoms with E-state index in [4.69, 9.17) is 4.74 Å². The normalized spacial score (nSPS) is 12.5. The molecule has 2 aromatic rings. The molecular weight excluding hydrogens is 396 g/mol. The zero-order chi connectivity index (χ0) is 15.6. The molecule has 0 aliphatic heterocycles. The van der Waals surface area contributed by atoms with E-state index in [1.54, 1.807) is 6.92 Å². The van der Waals surface area contributed by atoms with Crippen molar-refractivity contribution in [3.8, 4) is 11.5 Å². The minimum atomic E-state index is -0.588. The van der Waals surface area contributed by atoms with Crippen LogP contribution in [0.2, 0.25) is 0 Å². The van der Waals surface area contributed by atoms with Crippen molar-refractivity contribution in [2.75, 3.05) is 0 Å². The molecule has 0 fully saturated rings. The fraction of sp³-hybridized carbons (Fsp3) is 0.294. The van der Waals surface area contributed by atoms with Crippen molar-refractivity contribution in [2.24, 2.45) is 0 Å². The molecule has 0 bridgehead atoms. The Hall–Kier alpha value is -0.840. The van der Waals surface area contributed by atoms with Crippen molar-refractivity contribution in [2.45, 2.75) is 32.8 Å². The van der Waals surface area contributed by atoms with Crippen molar-refractivity contribution in [1.82, 2.24) is 0 Å². The van der Waals surface area contributed by atoms with Gasteiger partial charge in [0, 0.05) is 14.5 Å². The molecule has 2 rings (SSSR count). The van der Waals surface area contributed by atoms with E-state index in [0.29, 0.717) is 11.7 Å². The Bertz CT molecular complexity index is 581. The summed E-state index contributed by atoms with van der Waals surface area (Å²) in [5.74, 6) is 1.85. The molecule has 1 atom stereocenters. The van der Waals surface area contributed by atoms with Crippen LogP contribution in [0.4, 0.5) is 0 Å². The zero-order valence-electron chi connectivity index (χ0n) is 12.2. The molecule has 0 aliphatic rings. The highest BCUT2D eigenvalue weighted by molar-refractivity contribution is 9.10. The first-order chi connectivity index (χ1) is 9.88. The summed E-state index contributed by atoms with van der Waals surface area (Å²) < 4.78 is 8.03. The Morgan fingerprint density at radius 2 is 1.33 bits per heavy atom. The largest absolute Gasteiger partial charge is 0.457 e. The third kappa shape index (κ3) is 4.09. The molecule has 0 radical (unpaired) electrons. The van der Waals surface area contributed by atoms with Gasteiger partial charge in [-0.05, 0) is 54.8 Å². The summed E-state index contributed by atoms with van der Waals surface area (Å²) in [5, 5.41) is 9.92. The summed E-state index contributed by atoms with van der Waals surface area (Å²) >= 11 is 6.92. The Morgan fingerprint density at radius 1 is 0.857 bits per heavy atom. The number of benzene rings is 2. The van der Waals surface area contributed by atoms with Crippen LogP contribution in [0.3, 0.4) is 0 Å².